The topological polar surface area (TPSA) is 19.9 Å². The van der Waals surface area contributed by atoms with Crippen LogP contribution in [0.3, 0.4) is 0 Å². The second-order valence-corrected chi connectivity index (χ2v) is 3.33. The normalized spacial score (nSPS) is 13.5. The lowest BCUT2D eigenvalue weighted by Crippen LogP contribution is -2.03. The van der Waals surface area contributed by atoms with Crippen molar-refractivity contribution in [2.75, 3.05) is 0 Å². The van der Waals surface area contributed by atoms with Crippen molar-refractivity contribution in [2.45, 2.75) is 10.9 Å². The van der Waals surface area contributed by atoms with Crippen LogP contribution in [0.1, 0.15) is 11.7 Å². The van der Waals surface area contributed by atoms with Gasteiger partial charge in [-0.15, -0.1) is 23.2 Å². The van der Waals surface area contributed by atoms with Gasteiger partial charge in [0.15, 0.2) is 0 Å². The number of rotatable bonds is 2. The first-order valence-corrected chi connectivity index (χ1v) is 4.08. The molecule has 1 nitrogen and oxygen atoms in total. The Labute approximate surface area is 75.6 Å². The van der Waals surface area contributed by atoms with Gasteiger partial charge in [0.25, 0.3) is 0 Å². The van der Waals surface area contributed by atoms with Gasteiger partial charge in [-0.25, -0.2) is 5.11 Å². The fourth-order valence-electron chi connectivity index (χ4n) is 0.788. The number of hydrogen-bond acceptors (Lipinski definition) is 0. The quantitative estimate of drug-likeness (QED) is 0.639. The molecule has 0 N–H and O–H groups in total. The van der Waals surface area contributed by atoms with Crippen LogP contribution in [0.4, 0.5) is 0 Å². The first-order chi connectivity index (χ1) is 5.22. The van der Waals surface area contributed by atoms with Crippen molar-refractivity contribution < 1.29 is 5.11 Å². The minimum atomic E-state index is -1.04. The summed E-state index contributed by atoms with van der Waals surface area (Å²) in [6.07, 6.45) is -1.04. The summed E-state index contributed by atoms with van der Waals surface area (Å²) in [6.45, 7) is 0. The fourth-order valence-corrected chi connectivity index (χ4v) is 1.08. The van der Waals surface area contributed by atoms with Crippen LogP contribution in [0, 0.1) is 0 Å². The third-order valence-corrected chi connectivity index (χ3v) is 1.81. The van der Waals surface area contributed by atoms with E-state index in [0.717, 1.165) is 0 Å². The van der Waals surface area contributed by atoms with Crippen LogP contribution in [0.2, 0.25) is 0 Å². The molecular formula is C8H7Cl2O. The molecule has 0 aliphatic carbocycles. The van der Waals surface area contributed by atoms with Gasteiger partial charge in [0.05, 0.1) is 0 Å². The predicted molar refractivity (Wildman–Crippen MR) is 45.4 cm³/mol. The first-order valence-electron chi connectivity index (χ1n) is 3.20. The summed E-state index contributed by atoms with van der Waals surface area (Å²) < 4.78 is 0. The SMILES string of the molecule is [O]C(c1ccccc1)C(Cl)Cl. The van der Waals surface area contributed by atoms with E-state index < -0.39 is 10.9 Å². The molecule has 0 fully saturated rings. The molecule has 1 aromatic carbocycles. The zero-order chi connectivity index (χ0) is 8.27. The lowest BCUT2D eigenvalue weighted by molar-refractivity contribution is 0.101. The summed E-state index contributed by atoms with van der Waals surface area (Å²) >= 11 is 10.8. The molecule has 1 radical (unpaired) electrons. The number of halogens is 2. The monoisotopic (exact) mass is 189 g/mol. The lowest BCUT2D eigenvalue weighted by atomic mass is 10.1. The zero-order valence-electron chi connectivity index (χ0n) is 5.71. The highest BCUT2D eigenvalue weighted by atomic mass is 35.5. The van der Waals surface area contributed by atoms with Crippen molar-refractivity contribution in [3.05, 3.63) is 35.9 Å². The molecule has 0 spiro atoms. The number of alkyl halides is 2. The third-order valence-electron chi connectivity index (χ3n) is 1.36. The van der Waals surface area contributed by atoms with Crippen LogP contribution in [0.15, 0.2) is 30.3 Å². The Kier molecular flexibility index (Phi) is 3.18. The van der Waals surface area contributed by atoms with Gasteiger partial charge in [-0.1, -0.05) is 30.3 Å². The van der Waals surface area contributed by atoms with Gasteiger partial charge in [-0.05, 0) is 5.56 Å². The molecule has 1 aromatic rings. The standard InChI is InChI=1S/C8H7Cl2O/c9-8(10)7(11)6-4-2-1-3-5-6/h1-5,7-8H. The molecule has 0 bridgehead atoms. The summed E-state index contributed by atoms with van der Waals surface area (Å²) in [5, 5.41) is 11.2. The molecule has 0 saturated carbocycles. The van der Waals surface area contributed by atoms with Crippen LogP contribution >= 0.6 is 23.2 Å². The molecule has 0 saturated heterocycles. The second kappa shape index (κ2) is 3.96. The Morgan fingerprint density at radius 3 is 2.09 bits per heavy atom. The van der Waals surface area contributed by atoms with E-state index in [1.165, 1.54) is 0 Å². The lowest BCUT2D eigenvalue weighted by Gasteiger charge is -2.07. The van der Waals surface area contributed by atoms with E-state index in [4.69, 9.17) is 23.2 Å². The molecule has 11 heavy (non-hydrogen) atoms. The second-order valence-electron chi connectivity index (χ2n) is 2.17. The van der Waals surface area contributed by atoms with Gasteiger partial charge in [-0.2, -0.15) is 0 Å². The number of benzene rings is 1. The summed E-state index contributed by atoms with van der Waals surface area (Å²) in [7, 11) is 0. The molecule has 1 rings (SSSR count). The molecular weight excluding hydrogens is 183 g/mol. The van der Waals surface area contributed by atoms with E-state index in [9.17, 15) is 5.11 Å². The minimum Gasteiger partial charge on any atom is -0.225 e. The van der Waals surface area contributed by atoms with Crippen molar-refractivity contribution in [2.24, 2.45) is 0 Å². The zero-order valence-corrected chi connectivity index (χ0v) is 7.22. The summed E-state index contributed by atoms with van der Waals surface area (Å²) in [4.78, 5) is -0.877. The van der Waals surface area contributed by atoms with E-state index in [1.807, 2.05) is 6.07 Å². The Morgan fingerprint density at radius 2 is 1.64 bits per heavy atom. The Hall–Kier alpha value is -0.240. The first kappa shape index (κ1) is 8.85. The molecule has 1 unspecified atom stereocenters. The van der Waals surface area contributed by atoms with E-state index in [0.29, 0.717) is 5.56 Å². The van der Waals surface area contributed by atoms with Crippen LogP contribution in [0.25, 0.3) is 0 Å². The van der Waals surface area contributed by atoms with E-state index >= 15 is 0 Å². The Morgan fingerprint density at radius 1 is 1.09 bits per heavy atom. The molecule has 0 aliphatic heterocycles. The predicted octanol–water partition coefficient (Wildman–Crippen LogP) is 2.96. The van der Waals surface area contributed by atoms with Gasteiger partial charge in [0.2, 0.25) is 0 Å². The van der Waals surface area contributed by atoms with Crippen molar-refractivity contribution in [1.29, 1.82) is 0 Å². The van der Waals surface area contributed by atoms with Crippen molar-refractivity contribution in [3.8, 4) is 0 Å². The maximum atomic E-state index is 11.2. The van der Waals surface area contributed by atoms with Gasteiger partial charge < -0.3 is 0 Å². The average molecular weight is 190 g/mol. The van der Waals surface area contributed by atoms with Crippen molar-refractivity contribution >= 4 is 23.2 Å². The maximum absolute atomic E-state index is 11.2. The van der Waals surface area contributed by atoms with Gasteiger partial charge in [-0.3, -0.25) is 0 Å². The highest BCUT2D eigenvalue weighted by Gasteiger charge is 2.16. The van der Waals surface area contributed by atoms with E-state index in [1.54, 1.807) is 24.3 Å². The molecule has 0 aliphatic rings. The Balaban J connectivity index is 2.77. The van der Waals surface area contributed by atoms with Gasteiger partial charge in [0, 0.05) is 0 Å². The summed E-state index contributed by atoms with van der Waals surface area (Å²) in [5.41, 5.74) is 0.627. The highest BCUT2D eigenvalue weighted by molar-refractivity contribution is 6.44. The van der Waals surface area contributed by atoms with Crippen LogP contribution in [-0.2, 0) is 5.11 Å². The molecule has 3 heteroatoms. The molecule has 0 heterocycles. The largest absolute Gasteiger partial charge is 0.225 e. The molecule has 0 amide bonds. The van der Waals surface area contributed by atoms with Gasteiger partial charge >= 0.3 is 0 Å². The van der Waals surface area contributed by atoms with Crippen molar-refractivity contribution in [1.82, 2.24) is 0 Å². The van der Waals surface area contributed by atoms with Crippen LogP contribution < -0.4 is 0 Å². The Bertz CT molecular complexity index is 211. The van der Waals surface area contributed by atoms with Gasteiger partial charge in [0.1, 0.15) is 10.9 Å². The van der Waals surface area contributed by atoms with Crippen LogP contribution in [-0.4, -0.2) is 4.84 Å². The number of hydrogen-bond donors (Lipinski definition) is 0. The molecule has 59 valence electrons. The smallest absolute Gasteiger partial charge is 0.148 e. The average Bonchev–Trinajstić information content (AvgIpc) is 2.05. The summed E-state index contributed by atoms with van der Waals surface area (Å²) in [5.74, 6) is 0. The molecule has 1 atom stereocenters. The summed E-state index contributed by atoms with van der Waals surface area (Å²) in [6, 6.07) is 8.85. The van der Waals surface area contributed by atoms with E-state index in [2.05, 4.69) is 0 Å². The third kappa shape index (κ3) is 2.37. The highest BCUT2D eigenvalue weighted by Crippen LogP contribution is 2.23. The van der Waals surface area contributed by atoms with E-state index in [-0.39, 0.29) is 0 Å². The minimum absolute atomic E-state index is 0.627. The fraction of sp³-hybridized carbons (Fsp3) is 0.250. The van der Waals surface area contributed by atoms with Crippen LogP contribution in [0.5, 0.6) is 0 Å². The molecule has 0 aromatic heterocycles. The maximum Gasteiger partial charge on any atom is 0.148 e. The van der Waals surface area contributed by atoms with Crippen molar-refractivity contribution in [3.63, 3.8) is 0 Å².